The maximum atomic E-state index is 5.98. The van der Waals surface area contributed by atoms with Crippen LogP contribution in [-0.2, 0) is 5.41 Å². The van der Waals surface area contributed by atoms with Crippen LogP contribution in [-0.4, -0.2) is 4.98 Å². The van der Waals surface area contributed by atoms with Crippen LogP contribution in [0.15, 0.2) is 30.5 Å². The van der Waals surface area contributed by atoms with Crippen molar-refractivity contribution in [2.24, 2.45) is 0 Å². The van der Waals surface area contributed by atoms with E-state index in [9.17, 15) is 0 Å². The molecule has 0 aliphatic rings. The average Bonchev–Trinajstić information content (AvgIpc) is 2.65. The van der Waals surface area contributed by atoms with Gasteiger partial charge in [-0.3, -0.25) is 0 Å². The Bertz CT molecular complexity index is 497. The monoisotopic (exact) mass is 251 g/mol. The van der Waals surface area contributed by atoms with Gasteiger partial charge < -0.3 is 0 Å². The van der Waals surface area contributed by atoms with E-state index < -0.39 is 0 Å². The van der Waals surface area contributed by atoms with E-state index >= 15 is 0 Å². The fraction of sp³-hybridized carbons (Fsp3) is 0.308. The average molecular weight is 252 g/mol. The summed E-state index contributed by atoms with van der Waals surface area (Å²) < 4.78 is 0. The molecule has 1 aromatic carbocycles. The molecule has 0 saturated heterocycles. The number of aromatic nitrogens is 1. The Morgan fingerprint density at radius 2 is 2.00 bits per heavy atom. The van der Waals surface area contributed by atoms with Crippen molar-refractivity contribution in [3.05, 3.63) is 40.5 Å². The molecule has 0 atom stereocenters. The van der Waals surface area contributed by atoms with Crippen LogP contribution in [0, 0.1) is 0 Å². The normalized spacial score (nSPS) is 11.8. The summed E-state index contributed by atoms with van der Waals surface area (Å²) in [5.74, 6) is 0. The third kappa shape index (κ3) is 2.45. The molecule has 3 heteroatoms. The molecular weight excluding hydrogens is 238 g/mol. The highest BCUT2D eigenvalue weighted by molar-refractivity contribution is 7.15. The van der Waals surface area contributed by atoms with Crippen LogP contribution in [0.3, 0.4) is 0 Å². The van der Waals surface area contributed by atoms with Gasteiger partial charge in [0.1, 0.15) is 0 Å². The van der Waals surface area contributed by atoms with Crippen LogP contribution in [0.4, 0.5) is 0 Å². The Morgan fingerprint density at radius 1 is 1.25 bits per heavy atom. The molecule has 16 heavy (non-hydrogen) atoms. The summed E-state index contributed by atoms with van der Waals surface area (Å²) in [4.78, 5) is 5.64. The van der Waals surface area contributed by atoms with E-state index in [1.165, 1.54) is 4.88 Å². The molecule has 0 unspecified atom stereocenters. The zero-order chi connectivity index (χ0) is 11.8. The Hall–Kier alpha value is -0.860. The lowest BCUT2D eigenvalue weighted by Gasteiger charge is -2.13. The first-order valence-corrected chi connectivity index (χ1v) is 6.38. The van der Waals surface area contributed by atoms with Crippen LogP contribution in [0.2, 0.25) is 5.02 Å². The quantitative estimate of drug-likeness (QED) is 0.712. The second kappa shape index (κ2) is 4.19. The number of nitrogens with zero attached hydrogens (tertiary/aromatic N) is 1. The number of hydrogen-bond acceptors (Lipinski definition) is 2. The van der Waals surface area contributed by atoms with Crippen LogP contribution < -0.4 is 0 Å². The van der Waals surface area contributed by atoms with E-state index in [-0.39, 0.29) is 5.41 Å². The zero-order valence-electron chi connectivity index (χ0n) is 9.62. The Kier molecular flexibility index (Phi) is 3.04. The van der Waals surface area contributed by atoms with Gasteiger partial charge in [-0.05, 0) is 17.7 Å². The molecule has 0 saturated carbocycles. The van der Waals surface area contributed by atoms with Crippen LogP contribution >= 0.6 is 22.9 Å². The van der Waals surface area contributed by atoms with Gasteiger partial charge in [0, 0.05) is 16.6 Å². The molecule has 0 bridgehead atoms. The van der Waals surface area contributed by atoms with Gasteiger partial charge in [-0.2, -0.15) is 0 Å². The Morgan fingerprint density at radius 3 is 2.56 bits per heavy atom. The Balaban J connectivity index is 2.39. The predicted octanol–water partition coefficient (Wildman–Crippen LogP) is 4.76. The van der Waals surface area contributed by atoms with Crippen LogP contribution in [0.25, 0.3) is 10.4 Å². The zero-order valence-corrected chi connectivity index (χ0v) is 11.2. The first kappa shape index (κ1) is 11.6. The maximum Gasteiger partial charge on any atom is 0.0984 e. The maximum absolute atomic E-state index is 5.98. The van der Waals surface area contributed by atoms with Gasteiger partial charge in [0.2, 0.25) is 0 Å². The summed E-state index contributed by atoms with van der Waals surface area (Å²) in [5, 5.41) is 1.92. The minimum absolute atomic E-state index is 0.113. The van der Waals surface area contributed by atoms with Crippen molar-refractivity contribution >= 4 is 22.9 Å². The van der Waals surface area contributed by atoms with Crippen molar-refractivity contribution < 1.29 is 0 Å². The van der Waals surface area contributed by atoms with E-state index in [2.05, 4.69) is 31.8 Å². The lowest BCUT2D eigenvalue weighted by Crippen LogP contribution is -2.09. The number of halogens is 1. The van der Waals surface area contributed by atoms with Gasteiger partial charge >= 0.3 is 0 Å². The second-order valence-corrected chi connectivity index (χ2v) is 6.26. The molecule has 0 aliphatic carbocycles. The van der Waals surface area contributed by atoms with Gasteiger partial charge in [-0.25, -0.2) is 4.98 Å². The molecule has 0 spiro atoms. The minimum Gasteiger partial charge on any atom is -0.248 e. The lowest BCUT2D eigenvalue weighted by atomic mass is 9.98. The van der Waals surface area contributed by atoms with Gasteiger partial charge in [0.15, 0.2) is 0 Å². The lowest BCUT2D eigenvalue weighted by molar-refractivity contribution is 0.585. The highest BCUT2D eigenvalue weighted by Gasteiger charge is 2.18. The molecule has 84 valence electrons. The van der Waals surface area contributed by atoms with Gasteiger partial charge in [-0.15, -0.1) is 11.3 Å². The van der Waals surface area contributed by atoms with E-state index in [1.807, 2.05) is 24.4 Å². The number of thiazole rings is 1. The molecule has 0 fully saturated rings. The smallest absolute Gasteiger partial charge is 0.0984 e. The molecule has 0 radical (unpaired) electrons. The number of benzene rings is 1. The van der Waals surface area contributed by atoms with Crippen molar-refractivity contribution in [2.75, 3.05) is 0 Å². The summed E-state index contributed by atoms with van der Waals surface area (Å²) in [6.45, 7) is 6.52. The van der Waals surface area contributed by atoms with Crippen LogP contribution in [0.5, 0.6) is 0 Å². The third-order valence-electron chi connectivity index (χ3n) is 2.26. The summed E-state index contributed by atoms with van der Waals surface area (Å²) in [6, 6.07) is 7.89. The third-order valence-corrected chi connectivity index (χ3v) is 3.96. The highest BCUT2D eigenvalue weighted by atomic mass is 35.5. The molecular formula is C13H14ClNS. The molecule has 0 amide bonds. The molecule has 1 aromatic heterocycles. The van der Waals surface area contributed by atoms with E-state index in [0.29, 0.717) is 0 Å². The van der Waals surface area contributed by atoms with Crippen molar-refractivity contribution in [3.8, 4) is 10.4 Å². The van der Waals surface area contributed by atoms with E-state index in [4.69, 9.17) is 11.6 Å². The van der Waals surface area contributed by atoms with E-state index in [1.54, 1.807) is 11.3 Å². The van der Waals surface area contributed by atoms with Crippen molar-refractivity contribution in [1.82, 2.24) is 4.98 Å². The largest absolute Gasteiger partial charge is 0.248 e. The topological polar surface area (TPSA) is 12.9 Å². The fourth-order valence-electron chi connectivity index (χ4n) is 1.40. The fourth-order valence-corrected chi connectivity index (χ4v) is 2.56. The minimum atomic E-state index is 0.113. The van der Waals surface area contributed by atoms with Crippen molar-refractivity contribution in [3.63, 3.8) is 0 Å². The SMILES string of the molecule is CC(C)(C)c1ncc(-c2cccc(Cl)c2)s1. The molecule has 0 N–H and O–H groups in total. The summed E-state index contributed by atoms with van der Waals surface area (Å²) in [5.41, 5.74) is 1.25. The van der Waals surface area contributed by atoms with E-state index in [0.717, 1.165) is 15.6 Å². The number of hydrogen-bond donors (Lipinski definition) is 0. The molecule has 1 nitrogen and oxygen atoms in total. The van der Waals surface area contributed by atoms with Gasteiger partial charge in [-0.1, -0.05) is 44.5 Å². The predicted molar refractivity (Wildman–Crippen MR) is 71.3 cm³/mol. The second-order valence-electron chi connectivity index (χ2n) is 4.79. The highest BCUT2D eigenvalue weighted by Crippen LogP contribution is 2.33. The van der Waals surface area contributed by atoms with Crippen molar-refractivity contribution in [1.29, 1.82) is 0 Å². The Labute approximate surface area is 105 Å². The summed E-state index contributed by atoms with van der Waals surface area (Å²) >= 11 is 7.71. The summed E-state index contributed by atoms with van der Waals surface area (Å²) in [7, 11) is 0. The molecule has 2 aromatic rings. The number of rotatable bonds is 1. The van der Waals surface area contributed by atoms with Gasteiger partial charge in [0.25, 0.3) is 0 Å². The molecule has 1 heterocycles. The van der Waals surface area contributed by atoms with Crippen molar-refractivity contribution in [2.45, 2.75) is 26.2 Å². The molecule has 2 rings (SSSR count). The first-order valence-electron chi connectivity index (χ1n) is 5.19. The van der Waals surface area contributed by atoms with Gasteiger partial charge in [0.05, 0.1) is 9.88 Å². The molecule has 0 aliphatic heterocycles. The first-order chi connectivity index (χ1) is 7.47. The summed E-state index contributed by atoms with van der Waals surface area (Å²) in [6.07, 6.45) is 1.93. The standard InChI is InChI=1S/C13H14ClNS/c1-13(2,3)12-15-8-11(16-12)9-5-4-6-10(14)7-9/h4-8H,1-3H3. The van der Waals surface area contributed by atoms with Crippen LogP contribution in [0.1, 0.15) is 25.8 Å².